The minimum Gasteiger partial charge on any atom is -0.393 e. The number of rotatable bonds is 3. The normalized spacial score (nSPS) is 11.9. The van der Waals surface area contributed by atoms with E-state index < -0.39 is 17.9 Å². The zero-order valence-corrected chi connectivity index (χ0v) is 7.42. The van der Waals surface area contributed by atoms with Crippen molar-refractivity contribution in [2.75, 3.05) is 0 Å². The third-order valence-corrected chi connectivity index (χ3v) is 1.24. The lowest BCUT2D eigenvalue weighted by atomic mass is 10.1. The molecule has 0 aromatic carbocycles. The molecule has 0 spiro atoms. The first-order valence-corrected chi connectivity index (χ1v) is 3.65. The molecule has 0 rings (SSSR count). The third kappa shape index (κ3) is 4.60. The van der Waals surface area contributed by atoms with Crippen LogP contribution in [0.4, 0.5) is 0 Å². The zero-order chi connectivity index (χ0) is 9.72. The molecule has 0 aliphatic heterocycles. The van der Waals surface area contributed by atoms with Crippen LogP contribution >= 0.6 is 0 Å². The summed E-state index contributed by atoms with van der Waals surface area (Å²) < 4.78 is 4.28. The predicted molar refractivity (Wildman–Crippen MR) is 41.2 cm³/mol. The second-order valence-electron chi connectivity index (χ2n) is 2.72. The van der Waals surface area contributed by atoms with Gasteiger partial charge >= 0.3 is 11.9 Å². The Hall–Kier alpha value is -1.19. The highest BCUT2D eigenvalue weighted by atomic mass is 16.6. The monoisotopic (exact) mass is 172 g/mol. The van der Waals surface area contributed by atoms with E-state index in [0.29, 0.717) is 0 Å². The summed E-state index contributed by atoms with van der Waals surface area (Å²) in [4.78, 5) is 31.8. The molecule has 0 aliphatic rings. The van der Waals surface area contributed by atoms with Crippen molar-refractivity contribution in [3.63, 3.8) is 0 Å². The van der Waals surface area contributed by atoms with Crippen LogP contribution in [0.25, 0.3) is 0 Å². The third-order valence-electron chi connectivity index (χ3n) is 1.24. The van der Waals surface area contributed by atoms with E-state index in [-0.39, 0.29) is 12.2 Å². The Morgan fingerprint density at radius 3 is 2.08 bits per heavy atom. The van der Waals surface area contributed by atoms with E-state index in [1.807, 2.05) is 0 Å². The first-order chi connectivity index (χ1) is 5.43. The molecular formula is C8H12O4. The van der Waals surface area contributed by atoms with Crippen molar-refractivity contribution in [3.05, 3.63) is 0 Å². The van der Waals surface area contributed by atoms with Crippen molar-refractivity contribution in [2.45, 2.75) is 27.2 Å². The quantitative estimate of drug-likeness (QED) is 0.464. The first kappa shape index (κ1) is 10.8. The lowest BCUT2D eigenvalue weighted by molar-refractivity contribution is -0.161. The van der Waals surface area contributed by atoms with Crippen molar-refractivity contribution in [3.8, 4) is 0 Å². The van der Waals surface area contributed by atoms with Gasteiger partial charge in [0.05, 0.1) is 5.92 Å². The van der Waals surface area contributed by atoms with E-state index in [0.717, 1.165) is 6.92 Å². The van der Waals surface area contributed by atoms with Crippen LogP contribution in [-0.4, -0.2) is 17.7 Å². The van der Waals surface area contributed by atoms with Crippen LogP contribution in [0.2, 0.25) is 0 Å². The van der Waals surface area contributed by atoms with Crippen LogP contribution in [0, 0.1) is 5.92 Å². The molecule has 0 N–H and O–H groups in total. The molecule has 12 heavy (non-hydrogen) atoms. The van der Waals surface area contributed by atoms with Crippen LogP contribution in [0.1, 0.15) is 27.2 Å². The molecular weight excluding hydrogens is 160 g/mol. The number of esters is 2. The molecule has 0 aromatic rings. The summed E-state index contributed by atoms with van der Waals surface area (Å²) in [5.41, 5.74) is 0. The van der Waals surface area contributed by atoms with Gasteiger partial charge in [-0.2, -0.15) is 0 Å². The van der Waals surface area contributed by atoms with Gasteiger partial charge in [0.15, 0.2) is 0 Å². The fourth-order valence-corrected chi connectivity index (χ4v) is 0.757. The van der Waals surface area contributed by atoms with Gasteiger partial charge in [-0.1, -0.05) is 6.92 Å². The topological polar surface area (TPSA) is 60.4 Å². The Morgan fingerprint density at radius 1 is 1.25 bits per heavy atom. The van der Waals surface area contributed by atoms with Gasteiger partial charge in [0.25, 0.3) is 0 Å². The van der Waals surface area contributed by atoms with Crippen molar-refractivity contribution in [2.24, 2.45) is 5.92 Å². The van der Waals surface area contributed by atoms with Gasteiger partial charge in [-0.05, 0) is 6.92 Å². The van der Waals surface area contributed by atoms with Gasteiger partial charge in [-0.3, -0.25) is 9.59 Å². The number of Topliss-reactive ketones (excluding diaryl/α,β-unsaturated/α-hetero) is 1. The minimum absolute atomic E-state index is 0.0944. The number of hydrogen-bond acceptors (Lipinski definition) is 4. The summed E-state index contributed by atoms with van der Waals surface area (Å²) in [7, 11) is 0. The summed E-state index contributed by atoms with van der Waals surface area (Å²) in [5, 5.41) is 0. The Kier molecular flexibility index (Phi) is 4.18. The van der Waals surface area contributed by atoms with Crippen LogP contribution in [-0.2, 0) is 19.1 Å². The van der Waals surface area contributed by atoms with E-state index in [9.17, 15) is 14.4 Å². The average Bonchev–Trinajstić information content (AvgIpc) is 1.84. The minimum atomic E-state index is -0.643. The van der Waals surface area contributed by atoms with Gasteiger partial charge in [0, 0.05) is 13.3 Å². The summed E-state index contributed by atoms with van der Waals surface area (Å²) >= 11 is 0. The molecule has 1 unspecified atom stereocenters. The molecule has 1 atom stereocenters. The Morgan fingerprint density at radius 2 is 1.75 bits per heavy atom. The second kappa shape index (κ2) is 4.64. The summed E-state index contributed by atoms with van der Waals surface area (Å²) in [6, 6.07) is 0. The maximum absolute atomic E-state index is 10.9. The Bertz CT molecular complexity index is 207. The predicted octanol–water partition coefficient (Wildman–Crippen LogP) is 0.691. The molecule has 0 radical (unpaired) electrons. The maximum atomic E-state index is 10.9. The first-order valence-electron chi connectivity index (χ1n) is 3.65. The van der Waals surface area contributed by atoms with Crippen LogP contribution in [0.3, 0.4) is 0 Å². The van der Waals surface area contributed by atoms with Gasteiger partial charge in [0.1, 0.15) is 5.78 Å². The van der Waals surface area contributed by atoms with Gasteiger partial charge in [0.2, 0.25) is 0 Å². The molecule has 0 saturated heterocycles. The molecule has 0 amide bonds. The molecule has 4 nitrogen and oxygen atoms in total. The largest absolute Gasteiger partial charge is 0.393 e. The van der Waals surface area contributed by atoms with E-state index in [1.165, 1.54) is 6.92 Å². The lowest BCUT2D eigenvalue weighted by Crippen LogP contribution is -2.19. The van der Waals surface area contributed by atoms with Crippen LogP contribution in [0.5, 0.6) is 0 Å². The van der Waals surface area contributed by atoms with Gasteiger partial charge in [-0.25, -0.2) is 0 Å². The van der Waals surface area contributed by atoms with Crippen LogP contribution in [0.15, 0.2) is 0 Å². The maximum Gasteiger partial charge on any atom is 0.316 e. The van der Waals surface area contributed by atoms with Gasteiger partial charge in [-0.15, -0.1) is 0 Å². The average molecular weight is 172 g/mol. The molecule has 0 aliphatic carbocycles. The number of carbonyl (C=O) groups excluding carboxylic acids is 3. The number of ketones is 1. The van der Waals surface area contributed by atoms with Crippen LogP contribution < -0.4 is 0 Å². The molecule has 68 valence electrons. The van der Waals surface area contributed by atoms with Crippen molar-refractivity contribution in [1.29, 1.82) is 0 Å². The van der Waals surface area contributed by atoms with E-state index in [1.54, 1.807) is 6.92 Å². The summed E-state index contributed by atoms with van der Waals surface area (Å²) in [6.07, 6.45) is 0.117. The molecule has 0 aromatic heterocycles. The van der Waals surface area contributed by atoms with E-state index >= 15 is 0 Å². The SMILES string of the molecule is CC(=O)CC(C)C(=O)OC(C)=O. The van der Waals surface area contributed by atoms with Crippen molar-refractivity contribution in [1.82, 2.24) is 0 Å². The Labute approximate surface area is 70.9 Å². The molecule has 0 saturated carbocycles. The summed E-state index contributed by atoms with van der Waals surface area (Å²) in [6.45, 7) is 4.09. The van der Waals surface area contributed by atoms with E-state index in [4.69, 9.17) is 0 Å². The van der Waals surface area contributed by atoms with Gasteiger partial charge < -0.3 is 9.53 Å². The Balaban J connectivity index is 3.93. The van der Waals surface area contributed by atoms with Crippen molar-refractivity contribution >= 4 is 17.7 Å². The molecule has 0 bridgehead atoms. The standard InChI is InChI=1S/C8H12O4/c1-5(4-6(2)9)8(11)12-7(3)10/h5H,4H2,1-3H3. The van der Waals surface area contributed by atoms with E-state index in [2.05, 4.69) is 4.74 Å². The molecule has 0 heterocycles. The number of hydrogen-bond donors (Lipinski definition) is 0. The summed E-state index contributed by atoms with van der Waals surface area (Å²) in [5.74, 6) is -1.91. The highest BCUT2D eigenvalue weighted by molar-refractivity contribution is 5.88. The van der Waals surface area contributed by atoms with Crippen molar-refractivity contribution < 1.29 is 19.1 Å². The highest BCUT2D eigenvalue weighted by Gasteiger charge is 2.17. The lowest BCUT2D eigenvalue weighted by Gasteiger charge is -2.05. The number of carbonyl (C=O) groups is 3. The highest BCUT2D eigenvalue weighted by Crippen LogP contribution is 2.04. The fraction of sp³-hybridized carbons (Fsp3) is 0.625. The fourth-order valence-electron chi connectivity index (χ4n) is 0.757. The smallest absolute Gasteiger partial charge is 0.316 e. The molecule has 0 fully saturated rings. The number of ether oxygens (including phenoxy) is 1. The molecule has 4 heteroatoms. The zero-order valence-electron chi connectivity index (χ0n) is 7.42. The second-order valence-corrected chi connectivity index (χ2v) is 2.72.